The molecular formula is C22H21N5. The molecule has 2 atom stereocenters. The Morgan fingerprint density at radius 1 is 1.15 bits per heavy atom. The highest BCUT2D eigenvalue weighted by molar-refractivity contribution is 5.57. The smallest absolute Gasteiger partial charge is 0.163 e. The van der Waals surface area contributed by atoms with Crippen LogP contribution in [0.15, 0.2) is 60.9 Å². The van der Waals surface area contributed by atoms with Gasteiger partial charge >= 0.3 is 0 Å². The van der Waals surface area contributed by atoms with Crippen molar-refractivity contribution in [2.45, 2.75) is 31.7 Å². The van der Waals surface area contributed by atoms with E-state index < -0.39 is 0 Å². The molecule has 1 aliphatic rings. The van der Waals surface area contributed by atoms with Crippen LogP contribution in [0.5, 0.6) is 0 Å². The summed E-state index contributed by atoms with van der Waals surface area (Å²) in [5, 5.41) is 9.87. The van der Waals surface area contributed by atoms with Gasteiger partial charge in [-0.05, 0) is 37.5 Å². The van der Waals surface area contributed by atoms with Crippen molar-refractivity contribution in [3.05, 3.63) is 72.2 Å². The fraction of sp³-hybridized carbons (Fsp3) is 0.273. The molecule has 5 heteroatoms. The maximum absolute atomic E-state index is 9.87. The number of nitriles is 1. The average molecular weight is 355 g/mol. The molecule has 0 spiro atoms. The minimum absolute atomic E-state index is 0.119. The van der Waals surface area contributed by atoms with Crippen LogP contribution < -0.4 is 4.90 Å². The lowest BCUT2D eigenvalue weighted by molar-refractivity contribution is 0.607. The van der Waals surface area contributed by atoms with Crippen LogP contribution in [-0.4, -0.2) is 27.5 Å². The Morgan fingerprint density at radius 2 is 2.00 bits per heavy atom. The van der Waals surface area contributed by atoms with Crippen molar-refractivity contribution < 1.29 is 0 Å². The summed E-state index contributed by atoms with van der Waals surface area (Å²) in [4.78, 5) is 15.8. The largest absolute Gasteiger partial charge is 0.352 e. The van der Waals surface area contributed by atoms with Crippen LogP contribution in [0.25, 0.3) is 11.4 Å². The van der Waals surface area contributed by atoms with E-state index in [2.05, 4.69) is 20.9 Å². The van der Waals surface area contributed by atoms with E-state index in [1.165, 1.54) is 0 Å². The molecule has 3 heterocycles. The van der Waals surface area contributed by atoms with Crippen LogP contribution in [0, 0.1) is 18.3 Å². The van der Waals surface area contributed by atoms with Gasteiger partial charge in [-0.25, -0.2) is 9.97 Å². The monoisotopic (exact) mass is 355 g/mol. The Balaban J connectivity index is 1.70. The summed E-state index contributed by atoms with van der Waals surface area (Å²) in [7, 11) is 0. The van der Waals surface area contributed by atoms with Crippen LogP contribution in [0.1, 0.15) is 30.0 Å². The number of aryl methyl sites for hydroxylation is 1. The van der Waals surface area contributed by atoms with Gasteiger partial charge in [0.25, 0.3) is 0 Å². The number of aromatic nitrogens is 3. The van der Waals surface area contributed by atoms with Gasteiger partial charge in [0.15, 0.2) is 5.82 Å². The summed E-state index contributed by atoms with van der Waals surface area (Å²) in [5.74, 6) is 1.39. The first-order valence-electron chi connectivity index (χ1n) is 9.23. The first kappa shape index (κ1) is 17.2. The van der Waals surface area contributed by atoms with Crippen LogP contribution in [0.4, 0.5) is 5.82 Å². The Morgan fingerprint density at radius 3 is 2.74 bits per heavy atom. The van der Waals surface area contributed by atoms with Crippen molar-refractivity contribution in [1.82, 2.24) is 15.0 Å². The average Bonchev–Trinajstić information content (AvgIpc) is 3.19. The molecule has 134 valence electrons. The minimum atomic E-state index is -0.175. The van der Waals surface area contributed by atoms with Gasteiger partial charge in [-0.1, -0.05) is 30.3 Å². The van der Waals surface area contributed by atoms with E-state index in [-0.39, 0.29) is 12.0 Å². The summed E-state index contributed by atoms with van der Waals surface area (Å²) < 4.78 is 0. The normalized spacial score (nSPS) is 17.5. The Kier molecular flexibility index (Phi) is 4.80. The van der Waals surface area contributed by atoms with Crippen LogP contribution in [-0.2, 0) is 0 Å². The number of nitrogens with zero attached hydrogens (tertiary/aromatic N) is 5. The maximum atomic E-state index is 9.87. The topological polar surface area (TPSA) is 65.7 Å². The van der Waals surface area contributed by atoms with E-state index in [9.17, 15) is 5.26 Å². The van der Waals surface area contributed by atoms with Gasteiger partial charge in [0, 0.05) is 36.3 Å². The standard InChI is InChI=1S/C22H21N5/c1-16-13-21(26-22(25-16)18-9-5-11-24-15-18)27-12-6-10-20(27)19(14-23)17-7-3-2-4-8-17/h2-5,7-9,11,13,15,19-20H,6,10,12H2,1H3. The molecule has 0 N–H and O–H groups in total. The van der Waals surface area contributed by atoms with Gasteiger partial charge in [-0.3, -0.25) is 4.98 Å². The molecule has 1 aliphatic heterocycles. The summed E-state index contributed by atoms with van der Waals surface area (Å²) in [6, 6.07) is 18.6. The third-order valence-corrected chi connectivity index (χ3v) is 5.04. The lowest BCUT2D eigenvalue weighted by Gasteiger charge is -2.29. The molecule has 5 nitrogen and oxygen atoms in total. The number of benzene rings is 1. The van der Waals surface area contributed by atoms with E-state index in [0.29, 0.717) is 5.82 Å². The molecule has 4 rings (SSSR count). The maximum Gasteiger partial charge on any atom is 0.163 e. The quantitative estimate of drug-likeness (QED) is 0.704. The lowest BCUT2D eigenvalue weighted by atomic mass is 9.91. The van der Waals surface area contributed by atoms with Gasteiger partial charge in [0.05, 0.1) is 18.0 Å². The Labute approximate surface area is 159 Å². The Bertz CT molecular complexity index is 949. The van der Waals surface area contributed by atoms with E-state index in [1.807, 2.05) is 55.5 Å². The van der Waals surface area contributed by atoms with Crippen molar-refractivity contribution in [3.8, 4) is 17.5 Å². The highest BCUT2D eigenvalue weighted by Crippen LogP contribution is 2.34. The van der Waals surface area contributed by atoms with Gasteiger partial charge in [-0.15, -0.1) is 0 Å². The second-order valence-electron chi connectivity index (χ2n) is 6.85. The summed E-state index contributed by atoms with van der Waals surface area (Å²) in [5.41, 5.74) is 2.88. The first-order valence-corrected chi connectivity index (χ1v) is 9.23. The first-order chi connectivity index (χ1) is 13.3. The molecule has 0 radical (unpaired) electrons. The summed E-state index contributed by atoms with van der Waals surface area (Å²) in [6.45, 7) is 2.88. The second-order valence-corrected chi connectivity index (χ2v) is 6.85. The van der Waals surface area contributed by atoms with Gasteiger partial charge < -0.3 is 4.90 Å². The van der Waals surface area contributed by atoms with Crippen molar-refractivity contribution in [2.24, 2.45) is 0 Å². The van der Waals surface area contributed by atoms with Crippen molar-refractivity contribution in [1.29, 1.82) is 5.26 Å². The number of hydrogen-bond acceptors (Lipinski definition) is 5. The van der Waals surface area contributed by atoms with Gasteiger partial charge in [0.1, 0.15) is 5.82 Å². The van der Waals surface area contributed by atoms with Crippen molar-refractivity contribution in [2.75, 3.05) is 11.4 Å². The predicted octanol–water partition coefficient (Wildman–Crippen LogP) is 4.12. The molecule has 0 amide bonds. The predicted molar refractivity (Wildman–Crippen MR) is 105 cm³/mol. The zero-order valence-electron chi connectivity index (χ0n) is 15.3. The number of pyridine rings is 1. The number of rotatable bonds is 4. The van der Waals surface area contributed by atoms with E-state index in [4.69, 9.17) is 4.98 Å². The molecule has 0 aliphatic carbocycles. The third kappa shape index (κ3) is 3.52. The van der Waals surface area contributed by atoms with Crippen LogP contribution >= 0.6 is 0 Å². The highest BCUT2D eigenvalue weighted by atomic mass is 15.2. The second kappa shape index (κ2) is 7.55. The van der Waals surface area contributed by atoms with E-state index in [0.717, 1.165) is 42.0 Å². The zero-order valence-corrected chi connectivity index (χ0v) is 15.3. The SMILES string of the molecule is Cc1cc(N2CCCC2C(C#N)c2ccccc2)nc(-c2cccnc2)n1. The fourth-order valence-electron chi connectivity index (χ4n) is 3.79. The lowest BCUT2D eigenvalue weighted by Crippen LogP contribution is -2.34. The van der Waals surface area contributed by atoms with E-state index >= 15 is 0 Å². The summed E-state index contributed by atoms with van der Waals surface area (Å²) in [6.07, 6.45) is 5.56. The minimum Gasteiger partial charge on any atom is -0.352 e. The third-order valence-electron chi connectivity index (χ3n) is 5.04. The molecule has 2 aromatic heterocycles. The van der Waals surface area contributed by atoms with Crippen LogP contribution in [0.2, 0.25) is 0 Å². The molecule has 27 heavy (non-hydrogen) atoms. The van der Waals surface area contributed by atoms with Crippen molar-refractivity contribution in [3.63, 3.8) is 0 Å². The van der Waals surface area contributed by atoms with Crippen LogP contribution in [0.3, 0.4) is 0 Å². The summed E-state index contributed by atoms with van der Waals surface area (Å²) >= 11 is 0. The number of hydrogen-bond donors (Lipinski definition) is 0. The molecule has 0 bridgehead atoms. The van der Waals surface area contributed by atoms with E-state index in [1.54, 1.807) is 12.4 Å². The molecular weight excluding hydrogens is 334 g/mol. The van der Waals surface area contributed by atoms with Gasteiger partial charge in [-0.2, -0.15) is 5.26 Å². The van der Waals surface area contributed by atoms with Crippen molar-refractivity contribution >= 4 is 5.82 Å². The number of anilines is 1. The fourth-order valence-corrected chi connectivity index (χ4v) is 3.79. The molecule has 1 aromatic carbocycles. The molecule has 1 saturated heterocycles. The zero-order chi connectivity index (χ0) is 18.6. The molecule has 2 unspecified atom stereocenters. The van der Waals surface area contributed by atoms with Gasteiger partial charge in [0.2, 0.25) is 0 Å². The molecule has 3 aromatic rings. The highest BCUT2D eigenvalue weighted by Gasteiger charge is 2.34. The molecule has 0 saturated carbocycles. The molecule has 1 fully saturated rings. The Hall–Kier alpha value is -3.26.